The Morgan fingerprint density at radius 1 is 1.29 bits per heavy atom. The summed E-state index contributed by atoms with van der Waals surface area (Å²) in [5, 5.41) is 30.2. The first-order valence-electron chi connectivity index (χ1n) is 4.96. The number of nitrogens with zero attached hydrogens (tertiary/aromatic N) is 1. The summed E-state index contributed by atoms with van der Waals surface area (Å²) >= 11 is 0. The Balaban J connectivity index is 3.83. The Bertz CT molecular complexity index is 154. The first-order valence-corrected chi connectivity index (χ1v) is 4.96. The second-order valence-corrected chi connectivity index (χ2v) is 3.36. The molecule has 14 heavy (non-hydrogen) atoms. The molecule has 0 amide bonds. The van der Waals surface area contributed by atoms with E-state index in [1.54, 1.807) is 6.92 Å². The van der Waals surface area contributed by atoms with Crippen molar-refractivity contribution in [2.75, 3.05) is 6.61 Å². The van der Waals surface area contributed by atoms with E-state index in [1.165, 1.54) is 0 Å². The first-order chi connectivity index (χ1) is 6.67. The van der Waals surface area contributed by atoms with Gasteiger partial charge in [-0.2, -0.15) is 4.91 Å². The van der Waals surface area contributed by atoms with Gasteiger partial charge in [0.25, 0.3) is 0 Å². The maximum absolute atomic E-state index is 10.3. The highest BCUT2D eigenvalue weighted by molar-refractivity contribution is 4.79. The van der Waals surface area contributed by atoms with Crippen molar-refractivity contribution in [3.63, 3.8) is 0 Å². The van der Waals surface area contributed by atoms with Gasteiger partial charge in [-0.15, -0.1) is 0 Å². The predicted octanol–water partition coefficient (Wildman–Crippen LogP) is 0.416. The highest BCUT2D eigenvalue weighted by atomic mass is 16.3. The lowest BCUT2D eigenvalue weighted by Gasteiger charge is -2.20. The highest BCUT2D eigenvalue weighted by Crippen LogP contribution is 2.12. The zero-order chi connectivity index (χ0) is 11.0. The smallest absolute Gasteiger partial charge is 0.120 e. The minimum atomic E-state index is -1.09. The molecule has 3 atom stereocenters. The molecule has 0 aromatic heterocycles. The normalized spacial score (nSPS) is 17.4. The van der Waals surface area contributed by atoms with Crippen molar-refractivity contribution in [2.45, 2.75) is 50.9 Å². The lowest BCUT2D eigenvalue weighted by Crippen LogP contribution is -2.35. The van der Waals surface area contributed by atoms with Crippen molar-refractivity contribution < 1.29 is 15.3 Å². The molecule has 5 heteroatoms. The molecule has 0 radical (unpaired) electrons. The van der Waals surface area contributed by atoms with E-state index in [-0.39, 0.29) is 6.61 Å². The number of nitroso groups, excluding NO2 is 1. The Morgan fingerprint density at radius 3 is 2.36 bits per heavy atom. The first kappa shape index (κ1) is 13.5. The lowest BCUT2D eigenvalue weighted by molar-refractivity contribution is -0.00246. The predicted molar refractivity (Wildman–Crippen MR) is 52.8 cm³/mol. The fraction of sp³-hybridized carbons (Fsp3) is 1.00. The molecule has 0 saturated carbocycles. The molecule has 0 saturated heterocycles. The summed E-state index contributed by atoms with van der Waals surface area (Å²) in [4.78, 5) is 10.3. The van der Waals surface area contributed by atoms with Crippen molar-refractivity contribution in [2.24, 2.45) is 5.18 Å². The molecule has 84 valence electrons. The summed E-state index contributed by atoms with van der Waals surface area (Å²) in [7, 11) is 0. The number of hydrogen-bond acceptors (Lipinski definition) is 5. The van der Waals surface area contributed by atoms with Crippen LogP contribution in [0.5, 0.6) is 0 Å². The molecule has 0 aromatic rings. The van der Waals surface area contributed by atoms with Crippen LogP contribution in [0.4, 0.5) is 0 Å². The van der Waals surface area contributed by atoms with Crippen LogP contribution in [0.1, 0.15) is 32.6 Å². The van der Waals surface area contributed by atoms with Gasteiger partial charge in [0, 0.05) is 6.61 Å². The van der Waals surface area contributed by atoms with Gasteiger partial charge >= 0.3 is 0 Å². The van der Waals surface area contributed by atoms with E-state index in [2.05, 4.69) is 5.18 Å². The molecule has 0 aliphatic rings. The highest BCUT2D eigenvalue weighted by Gasteiger charge is 2.25. The molecule has 0 spiro atoms. The van der Waals surface area contributed by atoms with Crippen molar-refractivity contribution >= 4 is 0 Å². The van der Waals surface area contributed by atoms with Crippen molar-refractivity contribution in [3.05, 3.63) is 4.91 Å². The van der Waals surface area contributed by atoms with Crippen molar-refractivity contribution in [1.82, 2.24) is 0 Å². The van der Waals surface area contributed by atoms with Crippen molar-refractivity contribution in [3.8, 4) is 0 Å². The summed E-state index contributed by atoms with van der Waals surface area (Å²) in [6, 6.07) is -0.737. The maximum Gasteiger partial charge on any atom is 0.120 e. The van der Waals surface area contributed by atoms with Gasteiger partial charge in [0.1, 0.15) is 12.1 Å². The van der Waals surface area contributed by atoms with Crippen LogP contribution in [-0.2, 0) is 0 Å². The van der Waals surface area contributed by atoms with Gasteiger partial charge in [0.05, 0.1) is 6.10 Å². The Kier molecular flexibility index (Phi) is 7.55. The fourth-order valence-electron chi connectivity index (χ4n) is 1.27. The molecule has 0 bridgehead atoms. The second kappa shape index (κ2) is 7.84. The third-order valence-electron chi connectivity index (χ3n) is 2.25. The molecule has 3 unspecified atom stereocenters. The number of aliphatic hydroxyl groups excluding tert-OH is 3. The molecular weight excluding hydrogens is 186 g/mol. The average Bonchev–Trinajstić information content (AvgIpc) is 2.19. The Hall–Kier alpha value is -0.520. The van der Waals surface area contributed by atoms with E-state index in [0.717, 1.165) is 0 Å². The number of unbranched alkanes of at least 4 members (excludes halogenated alkanes) is 1. The SMILES string of the molecule is CCC(N=O)C(O)C(O)CCCCO. The van der Waals surface area contributed by atoms with Crippen LogP contribution in [0, 0.1) is 4.91 Å². The topological polar surface area (TPSA) is 90.1 Å². The molecule has 5 nitrogen and oxygen atoms in total. The number of aliphatic hydroxyl groups is 3. The largest absolute Gasteiger partial charge is 0.396 e. The van der Waals surface area contributed by atoms with Gasteiger partial charge < -0.3 is 15.3 Å². The van der Waals surface area contributed by atoms with E-state index >= 15 is 0 Å². The van der Waals surface area contributed by atoms with E-state index in [9.17, 15) is 15.1 Å². The van der Waals surface area contributed by atoms with Crippen molar-refractivity contribution in [1.29, 1.82) is 0 Å². The summed E-state index contributed by atoms with van der Waals surface area (Å²) < 4.78 is 0. The van der Waals surface area contributed by atoms with Crippen LogP contribution in [0.3, 0.4) is 0 Å². The fourth-order valence-corrected chi connectivity index (χ4v) is 1.27. The van der Waals surface area contributed by atoms with E-state index in [0.29, 0.717) is 25.7 Å². The van der Waals surface area contributed by atoms with E-state index in [4.69, 9.17) is 5.11 Å². The zero-order valence-electron chi connectivity index (χ0n) is 8.46. The molecule has 0 fully saturated rings. The van der Waals surface area contributed by atoms with E-state index < -0.39 is 18.2 Å². The average molecular weight is 205 g/mol. The molecule has 0 aliphatic carbocycles. The molecule has 0 aromatic carbocycles. The van der Waals surface area contributed by atoms with Crippen LogP contribution < -0.4 is 0 Å². The van der Waals surface area contributed by atoms with Crippen LogP contribution in [-0.4, -0.2) is 40.2 Å². The Morgan fingerprint density at radius 2 is 1.93 bits per heavy atom. The minimum Gasteiger partial charge on any atom is -0.396 e. The third kappa shape index (κ3) is 4.64. The lowest BCUT2D eigenvalue weighted by atomic mass is 10.00. The molecule has 0 rings (SSSR count). The second-order valence-electron chi connectivity index (χ2n) is 3.36. The van der Waals surface area contributed by atoms with Gasteiger partial charge in [-0.25, -0.2) is 0 Å². The Labute approximate surface area is 83.7 Å². The summed E-state index contributed by atoms with van der Waals surface area (Å²) in [6.07, 6.45) is 0.00888. The summed E-state index contributed by atoms with van der Waals surface area (Å²) in [6.45, 7) is 1.81. The molecule has 0 aliphatic heterocycles. The molecule has 3 N–H and O–H groups in total. The zero-order valence-corrected chi connectivity index (χ0v) is 8.46. The molecular formula is C9H19NO4. The number of hydrogen-bond donors (Lipinski definition) is 3. The van der Waals surface area contributed by atoms with Crippen LogP contribution in [0.2, 0.25) is 0 Å². The monoisotopic (exact) mass is 205 g/mol. The standard InChI is InChI=1S/C9H19NO4/c1-2-7(10-14)9(13)8(12)5-3-4-6-11/h7-9,11-13H,2-6H2,1H3. The van der Waals surface area contributed by atoms with Gasteiger partial charge in [-0.3, -0.25) is 0 Å². The van der Waals surface area contributed by atoms with Gasteiger partial charge in [-0.05, 0) is 25.7 Å². The van der Waals surface area contributed by atoms with Crippen LogP contribution >= 0.6 is 0 Å². The van der Waals surface area contributed by atoms with Gasteiger partial charge in [-0.1, -0.05) is 12.1 Å². The molecule has 0 heterocycles. The van der Waals surface area contributed by atoms with Gasteiger partial charge in [0.2, 0.25) is 0 Å². The summed E-state index contributed by atoms with van der Waals surface area (Å²) in [5.74, 6) is 0. The van der Waals surface area contributed by atoms with Gasteiger partial charge in [0.15, 0.2) is 0 Å². The van der Waals surface area contributed by atoms with Crippen LogP contribution in [0.25, 0.3) is 0 Å². The quantitative estimate of drug-likeness (QED) is 0.395. The van der Waals surface area contributed by atoms with E-state index in [1.807, 2.05) is 0 Å². The third-order valence-corrected chi connectivity index (χ3v) is 2.25. The van der Waals surface area contributed by atoms with Crippen LogP contribution in [0.15, 0.2) is 5.18 Å². The number of rotatable bonds is 8. The maximum atomic E-state index is 10.3. The minimum absolute atomic E-state index is 0.0753. The summed E-state index contributed by atoms with van der Waals surface area (Å²) in [5.41, 5.74) is 0.